The van der Waals surface area contributed by atoms with Gasteiger partial charge >= 0.3 is 0 Å². The van der Waals surface area contributed by atoms with Crippen LogP contribution in [0.2, 0.25) is 0 Å². The molecule has 2 heteroatoms. The molecule has 104 valence electrons. The Bertz CT molecular complexity index is 283. The van der Waals surface area contributed by atoms with Crippen LogP contribution in [0.3, 0.4) is 0 Å². The summed E-state index contributed by atoms with van der Waals surface area (Å²) in [5, 5.41) is 3.68. The second kappa shape index (κ2) is 4.79. The van der Waals surface area contributed by atoms with Crippen molar-refractivity contribution < 1.29 is 0 Å². The molecule has 1 heterocycles. The van der Waals surface area contributed by atoms with Crippen molar-refractivity contribution in [2.45, 2.75) is 76.8 Å². The molecule has 0 bridgehead atoms. The van der Waals surface area contributed by atoms with Gasteiger partial charge in [-0.25, -0.2) is 0 Å². The van der Waals surface area contributed by atoms with E-state index >= 15 is 0 Å². The molecule has 1 spiro atoms. The molecule has 1 atom stereocenters. The van der Waals surface area contributed by atoms with Gasteiger partial charge in [-0.1, -0.05) is 39.5 Å². The largest absolute Gasteiger partial charge is 0.314 e. The van der Waals surface area contributed by atoms with Gasteiger partial charge in [0.2, 0.25) is 0 Å². The van der Waals surface area contributed by atoms with Crippen LogP contribution in [0.15, 0.2) is 0 Å². The highest BCUT2D eigenvalue weighted by Gasteiger charge is 2.48. The molecular formula is C16H30N2. The molecule has 1 aliphatic heterocycles. The fraction of sp³-hybridized carbons (Fsp3) is 1.00. The maximum Gasteiger partial charge on any atom is 0.0337 e. The predicted octanol–water partition coefficient (Wildman–Crippen LogP) is 3.17. The fourth-order valence-electron chi connectivity index (χ4n) is 4.91. The number of nitrogens with zero attached hydrogens (tertiary/aromatic N) is 1. The molecular weight excluding hydrogens is 220 g/mol. The normalized spacial score (nSPS) is 36.0. The van der Waals surface area contributed by atoms with Crippen LogP contribution in [0.1, 0.15) is 65.2 Å². The van der Waals surface area contributed by atoms with Crippen LogP contribution >= 0.6 is 0 Å². The lowest BCUT2D eigenvalue weighted by Gasteiger charge is -2.55. The van der Waals surface area contributed by atoms with Crippen molar-refractivity contribution in [1.82, 2.24) is 10.2 Å². The zero-order valence-electron chi connectivity index (χ0n) is 12.3. The Morgan fingerprint density at radius 2 is 1.78 bits per heavy atom. The van der Waals surface area contributed by atoms with E-state index < -0.39 is 0 Å². The minimum Gasteiger partial charge on any atom is -0.314 e. The first-order valence-electron chi connectivity index (χ1n) is 8.12. The number of piperazine rings is 1. The summed E-state index contributed by atoms with van der Waals surface area (Å²) in [7, 11) is 0. The van der Waals surface area contributed by atoms with Gasteiger partial charge in [0.25, 0.3) is 0 Å². The summed E-state index contributed by atoms with van der Waals surface area (Å²) in [6.07, 6.45) is 11.5. The molecule has 3 fully saturated rings. The van der Waals surface area contributed by atoms with Gasteiger partial charge in [-0.2, -0.15) is 0 Å². The van der Waals surface area contributed by atoms with Crippen molar-refractivity contribution in [3.8, 4) is 0 Å². The highest BCUT2D eigenvalue weighted by molar-refractivity contribution is 5.04. The lowest BCUT2D eigenvalue weighted by Crippen LogP contribution is -2.66. The Kier molecular flexibility index (Phi) is 3.44. The van der Waals surface area contributed by atoms with Gasteiger partial charge in [-0.15, -0.1) is 0 Å². The Morgan fingerprint density at radius 1 is 1.00 bits per heavy atom. The van der Waals surface area contributed by atoms with Crippen molar-refractivity contribution in [3.05, 3.63) is 0 Å². The third-order valence-corrected chi connectivity index (χ3v) is 5.95. The third kappa shape index (κ3) is 2.12. The van der Waals surface area contributed by atoms with Gasteiger partial charge in [0.05, 0.1) is 0 Å². The summed E-state index contributed by atoms with van der Waals surface area (Å²) in [6.45, 7) is 8.74. The molecule has 3 aliphatic rings. The Hall–Kier alpha value is -0.0800. The summed E-state index contributed by atoms with van der Waals surface area (Å²) < 4.78 is 0. The lowest BCUT2D eigenvalue weighted by atomic mass is 9.75. The van der Waals surface area contributed by atoms with E-state index in [9.17, 15) is 0 Å². The smallest absolute Gasteiger partial charge is 0.0337 e. The van der Waals surface area contributed by atoms with Gasteiger partial charge in [-0.05, 0) is 31.1 Å². The first kappa shape index (κ1) is 12.9. The van der Waals surface area contributed by atoms with Crippen LogP contribution in [0, 0.1) is 5.41 Å². The number of hydrogen-bond donors (Lipinski definition) is 1. The highest BCUT2D eigenvalue weighted by Crippen LogP contribution is 2.46. The van der Waals surface area contributed by atoms with E-state index in [0.29, 0.717) is 11.0 Å². The van der Waals surface area contributed by atoms with Gasteiger partial charge in [0.1, 0.15) is 0 Å². The van der Waals surface area contributed by atoms with Gasteiger partial charge in [0.15, 0.2) is 0 Å². The molecule has 1 saturated heterocycles. The first-order chi connectivity index (χ1) is 8.64. The Labute approximate surface area is 113 Å². The molecule has 18 heavy (non-hydrogen) atoms. The summed E-state index contributed by atoms with van der Waals surface area (Å²) in [5.41, 5.74) is 1.06. The van der Waals surface area contributed by atoms with Crippen molar-refractivity contribution in [2.24, 2.45) is 5.41 Å². The van der Waals surface area contributed by atoms with Gasteiger partial charge < -0.3 is 5.32 Å². The van der Waals surface area contributed by atoms with Crippen molar-refractivity contribution in [1.29, 1.82) is 0 Å². The Morgan fingerprint density at radius 3 is 2.44 bits per heavy atom. The van der Waals surface area contributed by atoms with Crippen LogP contribution in [0.5, 0.6) is 0 Å². The molecule has 0 radical (unpaired) electrons. The third-order valence-electron chi connectivity index (χ3n) is 5.95. The molecule has 3 rings (SSSR count). The lowest BCUT2D eigenvalue weighted by molar-refractivity contribution is -0.0360. The van der Waals surface area contributed by atoms with E-state index in [2.05, 4.69) is 24.1 Å². The maximum absolute atomic E-state index is 3.68. The molecule has 1 unspecified atom stereocenters. The quantitative estimate of drug-likeness (QED) is 0.769. The molecule has 2 saturated carbocycles. The van der Waals surface area contributed by atoms with Crippen LogP contribution < -0.4 is 5.32 Å². The SMILES string of the molecule is CC1(C)CCCC1N1CCNCC12CCCCC2. The fourth-order valence-corrected chi connectivity index (χ4v) is 4.91. The van der Waals surface area contributed by atoms with Crippen molar-refractivity contribution >= 4 is 0 Å². The van der Waals surface area contributed by atoms with E-state index in [1.54, 1.807) is 0 Å². The minimum absolute atomic E-state index is 0.517. The number of nitrogens with one attached hydrogen (secondary N) is 1. The predicted molar refractivity (Wildman–Crippen MR) is 76.8 cm³/mol. The van der Waals surface area contributed by atoms with Crippen LogP contribution in [-0.4, -0.2) is 36.1 Å². The van der Waals surface area contributed by atoms with Crippen molar-refractivity contribution in [3.63, 3.8) is 0 Å². The average molecular weight is 250 g/mol. The van der Waals surface area contributed by atoms with E-state index in [1.165, 1.54) is 71.0 Å². The first-order valence-corrected chi connectivity index (χ1v) is 8.12. The summed E-state index contributed by atoms with van der Waals surface area (Å²) in [5.74, 6) is 0. The second-order valence-corrected chi connectivity index (χ2v) is 7.55. The summed E-state index contributed by atoms with van der Waals surface area (Å²) >= 11 is 0. The van der Waals surface area contributed by atoms with E-state index in [-0.39, 0.29) is 0 Å². The van der Waals surface area contributed by atoms with E-state index in [4.69, 9.17) is 0 Å². The van der Waals surface area contributed by atoms with Crippen molar-refractivity contribution in [2.75, 3.05) is 19.6 Å². The standard InChI is InChI=1S/C16H30N2/c1-15(2)8-6-7-14(15)18-12-11-17-13-16(18)9-4-3-5-10-16/h14,17H,3-13H2,1-2H3. The number of hydrogen-bond acceptors (Lipinski definition) is 2. The zero-order chi connectivity index (χ0) is 12.6. The van der Waals surface area contributed by atoms with Crippen LogP contribution in [0.4, 0.5) is 0 Å². The Balaban J connectivity index is 1.83. The zero-order valence-corrected chi connectivity index (χ0v) is 12.3. The molecule has 0 aromatic carbocycles. The van der Waals surface area contributed by atoms with Crippen LogP contribution in [-0.2, 0) is 0 Å². The highest BCUT2D eigenvalue weighted by atomic mass is 15.3. The monoisotopic (exact) mass is 250 g/mol. The minimum atomic E-state index is 0.517. The summed E-state index contributed by atoms with van der Waals surface area (Å²) in [4.78, 5) is 2.95. The second-order valence-electron chi connectivity index (χ2n) is 7.55. The molecule has 0 amide bonds. The van der Waals surface area contributed by atoms with E-state index in [1.807, 2.05) is 0 Å². The molecule has 2 aliphatic carbocycles. The van der Waals surface area contributed by atoms with Gasteiger partial charge in [-0.3, -0.25) is 4.90 Å². The maximum atomic E-state index is 3.68. The summed E-state index contributed by atoms with van der Waals surface area (Å²) in [6, 6.07) is 0.845. The molecule has 0 aromatic heterocycles. The average Bonchev–Trinajstić information content (AvgIpc) is 2.71. The van der Waals surface area contributed by atoms with E-state index in [0.717, 1.165) is 6.04 Å². The molecule has 1 N–H and O–H groups in total. The van der Waals surface area contributed by atoms with Gasteiger partial charge in [0, 0.05) is 31.2 Å². The number of rotatable bonds is 1. The molecule has 2 nitrogen and oxygen atoms in total. The molecule has 0 aromatic rings. The topological polar surface area (TPSA) is 15.3 Å². The van der Waals surface area contributed by atoms with Crippen LogP contribution in [0.25, 0.3) is 0 Å².